The molecule has 0 saturated carbocycles. The largest absolute Gasteiger partial charge is 0.444 e. The number of amides is 1. The van der Waals surface area contributed by atoms with Gasteiger partial charge in [0.2, 0.25) is 0 Å². The molecular formula is C14H21NO3. The predicted molar refractivity (Wildman–Crippen MR) is 70.2 cm³/mol. The molecule has 0 bridgehead atoms. The molecule has 0 saturated heterocycles. The van der Waals surface area contributed by atoms with E-state index in [0.717, 1.165) is 5.56 Å². The number of ether oxygens (including phenoxy) is 1. The van der Waals surface area contributed by atoms with E-state index in [-0.39, 0.29) is 6.54 Å². The van der Waals surface area contributed by atoms with Crippen molar-refractivity contribution in [3.8, 4) is 0 Å². The predicted octanol–water partition coefficient (Wildman–Crippen LogP) is 2.42. The van der Waals surface area contributed by atoms with Crippen LogP contribution in [-0.4, -0.2) is 23.3 Å². The Balaban J connectivity index is 2.55. The van der Waals surface area contributed by atoms with Crippen molar-refractivity contribution in [2.24, 2.45) is 0 Å². The maximum absolute atomic E-state index is 11.5. The summed E-state index contributed by atoms with van der Waals surface area (Å²) in [6.07, 6.45) is -0.529. The fraction of sp³-hybridized carbons (Fsp3) is 0.500. The molecule has 0 radical (unpaired) electrons. The number of nitrogens with one attached hydrogen (secondary N) is 1. The van der Waals surface area contributed by atoms with Crippen LogP contribution in [0.5, 0.6) is 0 Å². The van der Waals surface area contributed by atoms with Gasteiger partial charge in [0.05, 0.1) is 6.54 Å². The molecule has 0 aromatic heterocycles. The summed E-state index contributed by atoms with van der Waals surface area (Å²) in [5.74, 6) is 0. The summed E-state index contributed by atoms with van der Waals surface area (Å²) in [5, 5.41) is 12.8. The third kappa shape index (κ3) is 4.75. The van der Waals surface area contributed by atoms with Gasteiger partial charge in [0.15, 0.2) is 0 Å². The van der Waals surface area contributed by atoms with Gasteiger partial charge in [-0.05, 0) is 33.3 Å². The van der Waals surface area contributed by atoms with Gasteiger partial charge in [-0.1, -0.05) is 30.3 Å². The van der Waals surface area contributed by atoms with Crippen LogP contribution in [0.2, 0.25) is 0 Å². The van der Waals surface area contributed by atoms with E-state index in [9.17, 15) is 9.90 Å². The number of aliphatic hydroxyl groups is 1. The average molecular weight is 251 g/mol. The quantitative estimate of drug-likeness (QED) is 0.867. The van der Waals surface area contributed by atoms with Gasteiger partial charge in [-0.2, -0.15) is 0 Å². The smallest absolute Gasteiger partial charge is 0.407 e. The zero-order valence-electron chi connectivity index (χ0n) is 11.4. The van der Waals surface area contributed by atoms with Gasteiger partial charge in [-0.3, -0.25) is 0 Å². The Morgan fingerprint density at radius 2 is 1.78 bits per heavy atom. The lowest BCUT2D eigenvalue weighted by molar-refractivity contribution is 0.0317. The van der Waals surface area contributed by atoms with Crippen molar-refractivity contribution in [1.29, 1.82) is 0 Å². The van der Waals surface area contributed by atoms with Gasteiger partial charge >= 0.3 is 6.09 Å². The summed E-state index contributed by atoms with van der Waals surface area (Å²) in [5.41, 5.74) is -0.901. The molecule has 18 heavy (non-hydrogen) atoms. The third-order valence-corrected chi connectivity index (χ3v) is 2.37. The Morgan fingerprint density at radius 1 is 1.22 bits per heavy atom. The van der Waals surface area contributed by atoms with Gasteiger partial charge < -0.3 is 15.2 Å². The van der Waals surface area contributed by atoms with Crippen molar-refractivity contribution < 1.29 is 14.6 Å². The van der Waals surface area contributed by atoms with Crippen LogP contribution in [0.1, 0.15) is 33.3 Å². The highest BCUT2D eigenvalue weighted by Gasteiger charge is 2.25. The van der Waals surface area contributed by atoms with E-state index in [0.29, 0.717) is 0 Å². The molecule has 1 aromatic carbocycles. The van der Waals surface area contributed by atoms with Crippen molar-refractivity contribution in [2.75, 3.05) is 6.54 Å². The number of hydrogen-bond acceptors (Lipinski definition) is 3. The molecule has 1 rings (SSSR count). The highest BCUT2D eigenvalue weighted by atomic mass is 16.6. The fourth-order valence-corrected chi connectivity index (χ4v) is 1.46. The Morgan fingerprint density at radius 3 is 2.28 bits per heavy atom. The van der Waals surface area contributed by atoms with E-state index in [1.165, 1.54) is 0 Å². The van der Waals surface area contributed by atoms with Gasteiger partial charge in [0.25, 0.3) is 0 Å². The monoisotopic (exact) mass is 251 g/mol. The standard InChI is InChI=1S/C14H21NO3/c1-13(2,3)18-12(16)15-10-14(4,17)11-8-6-5-7-9-11/h5-9,17H,10H2,1-4H3,(H,15,16)/t14-/m1/s1. The number of alkyl carbamates (subject to hydrolysis) is 1. The second-order valence-corrected chi connectivity index (χ2v) is 5.50. The zero-order chi connectivity index (χ0) is 13.8. The van der Waals surface area contributed by atoms with Crippen LogP contribution >= 0.6 is 0 Å². The number of benzene rings is 1. The summed E-state index contributed by atoms with van der Waals surface area (Å²) in [4.78, 5) is 11.5. The van der Waals surface area contributed by atoms with Crippen molar-refractivity contribution in [3.05, 3.63) is 35.9 Å². The van der Waals surface area contributed by atoms with Crippen LogP contribution in [0.15, 0.2) is 30.3 Å². The summed E-state index contributed by atoms with van der Waals surface area (Å²) in [6.45, 7) is 7.14. The third-order valence-electron chi connectivity index (χ3n) is 2.37. The lowest BCUT2D eigenvalue weighted by Crippen LogP contribution is -2.41. The summed E-state index contributed by atoms with van der Waals surface area (Å²) >= 11 is 0. The van der Waals surface area contributed by atoms with Crippen LogP contribution in [0.3, 0.4) is 0 Å². The molecule has 0 unspecified atom stereocenters. The molecule has 4 nitrogen and oxygen atoms in total. The molecule has 0 fully saturated rings. The highest BCUT2D eigenvalue weighted by Crippen LogP contribution is 2.19. The summed E-state index contributed by atoms with van der Waals surface area (Å²) in [6, 6.07) is 9.20. The first-order valence-corrected chi connectivity index (χ1v) is 5.95. The van der Waals surface area contributed by atoms with Crippen LogP contribution in [-0.2, 0) is 10.3 Å². The number of rotatable bonds is 3. The van der Waals surface area contributed by atoms with Crippen molar-refractivity contribution in [1.82, 2.24) is 5.32 Å². The molecule has 0 aliphatic rings. The Kier molecular flexibility index (Phi) is 4.35. The first kappa shape index (κ1) is 14.5. The van der Waals surface area contributed by atoms with E-state index in [1.54, 1.807) is 27.7 Å². The molecule has 100 valence electrons. The first-order valence-electron chi connectivity index (χ1n) is 5.95. The molecule has 1 aromatic rings. The minimum atomic E-state index is -1.11. The second kappa shape index (κ2) is 5.40. The molecule has 0 aliphatic carbocycles. The van der Waals surface area contributed by atoms with Crippen molar-refractivity contribution in [3.63, 3.8) is 0 Å². The van der Waals surface area contributed by atoms with E-state index < -0.39 is 17.3 Å². The molecular weight excluding hydrogens is 230 g/mol. The van der Waals surface area contributed by atoms with Crippen LogP contribution in [0.4, 0.5) is 4.79 Å². The summed E-state index contributed by atoms with van der Waals surface area (Å²) < 4.78 is 5.11. The lowest BCUT2D eigenvalue weighted by Gasteiger charge is -2.26. The maximum Gasteiger partial charge on any atom is 0.407 e. The van der Waals surface area contributed by atoms with Gasteiger partial charge in [-0.15, -0.1) is 0 Å². The average Bonchev–Trinajstić information content (AvgIpc) is 2.26. The minimum absolute atomic E-state index is 0.103. The molecule has 1 atom stereocenters. The lowest BCUT2D eigenvalue weighted by atomic mass is 9.96. The van der Waals surface area contributed by atoms with Gasteiger partial charge in [0, 0.05) is 0 Å². The molecule has 4 heteroatoms. The topological polar surface area (TPSA) is 58.6 Å². The minimum Gasteiger partial charge on any atom is -0.444 e. The van der Waals surface area contributed by atoms with E-state index in [2.05, 4.69) is 5.32 Å². The zero-order valence-corrected chi connectivity index (χ0v) is 11.4. The van der Waals surface area contributed by atoms with Gasteiger partial charge in [-0.25, -0.2) is 4.79 Å². The number of hydrogen-bond donors (Lipinski definition) is 2. The van der Waals surface area contributed by atoms with E-state index >= 15 is 0 Å². The number of carbonyl (C=O) groups is 1. The number of carbonyl (C=O) groups excluding carboxylic acids is 1. The fourth-order valence-electron chi connectivity index (χ4n) is 1.46. The normalized spacial score (nSPS) is 14.7. The Hall–Kier alpha value is -1.55. The van der Waals surface area contributed by atoms with Gasteiger partial charge in [0.1, 0.15) is 11.2 Å². The summed E-state index contributed by atoms with van der Waals surface area (Å²) in [7, 11) is 0. The Labute approximate surface area is 108 Å². The molecule has 0 heterocycles. The molecule has 0 aliphatic heterocycles. The molecule has 2 N–H and O–H groups in total. The van der Waals surface area contributed by atoms with E-state index in [1.807, 2.05) is 30.3 Å². The van der Waals surface area contributed by atoms with Crippen molar-refractivity contribution in [2.45, 2.75) is 38.9 Å². The van der Waals surface area contributed by atoms with Crippen LogP contribution < -0.4 is 5.32 Å². The first-order chi connectivity index (χ1) is 8.21. The van der Waals surface area contributed by atoms with Crippen molar-refractivity contribution >= 4 is 6.09 Å². The van der Waals surface area contributed by atoms with Crippen LogP contribution in [0, 0.1) is 0 Å². The van der Waals surface area contributed by atoms with Crippen LogP contribution in [0.25, 0.3) is 0 Å². The molecule has 1 amide bonds. The highest BCUT2D eigenvalue weighted by molar-refractivity contribution is 5.67. The second-order valence-electron chi connectivity index (χ2n) is 5.50. The SMILES string of the molecule is CC(C)(C)OC(=O)NC[C@@](C)(O)c1ccccc1. The maximum atomic E-state index is 11.5. The Bertz CT molecular complexity index is 393. The molecule has 0 spiro atoms. The van der Waals surface area contributed by atoms with E-state index in [4.69, 9.17) is 4.74 Å².